The number of nitrogens with zero attached hydrogens (tertiary/aromatic N) is 3. The third-order valence-corrected chi connectivity index (χ3v) is 5.73. The predicted octanol–water partition coefficient (Wildman–Crippen LogP) is 5.18. The molecule has 1 amide bonds. The zero-order valence-corrected chi connectivity index (χ0v) is 17.5. The Morgan fingerprint density at radius 2 is 1.89 bits per heavy atom. The van der Waals surface area contributed by atoms with Gasteiger partial charge in [-0.3, -0.25) is 4.79 Å². The lowest BCUT2D eigenvalue weighted by atomic mass is 10.1. The van der Waals surface area contributed by atoms with Crippen LogP contribution in [0.3, 0.4) is 0 Å². The molecule has 138 valence electrons. The SMILES string of the molecule is O=C(Nc1ccc(Cl)c(-c2nnc3n2CCCCC3)c1)c1ccc(I)cc1. The first-order valence-corrected chi connectivity index (χ1v) is 10.4. The summed E-state index contributed by atoms with van der Waals surface area (Å²) >= 11 is 8.66. The summed E-state index contributed by atoms with van der Waals surface area (Å²) < 4.78 is 3.24. The average Bonchev–Trinajstić information content (AvgIpc) is 2.91. The third kappa shape index (κ3) is 4.01. The largest absolute Gasteiger partial charge is 0.322 e. The predicted molar refractivity (Wildman–Crippen MR) is 115 cm³/mol. The third-order valence-electron chi connectivity index (χ3n) is 4.68. The molecular formula is C20H18ClIN4O. The van der Waals surface area contributed by atoms with Crippen molar-refractivity contribution in [3.63, 3.8) is 0 Å². The van der Waals surface area contributed by atoms with Crippen LogP contribution in [0.1, 0.15) is 35.4 Å². The van der Waals surface area contributed by atoms with Crippen LogP contribution in [-0.2, 0) is 13.0 Å². The number of carbonyl (C=O) groups is 1. The van der Waals surface area contributed by atoms with Crippen LogP contribution < -0.4 is 5.32 Å². The number of hydrogen-bond donors (Lipinski definition) is 1. The van der Waals surface area contributed by atoms with Crippen LogP contribution in [0, 0.1) is 3.57 Å². The van der Waals surface area contributed by atoms with E-state index in [9.17, 15) is 4.79 Å². The maximum absolute atomic E-state index is 12.5. The molecular weight excluding hydrogens is 475 g/mol. The molecule has 1 aromatic heterocycles. The van der Waals surface area contributed by atoms with Gasteiger partial charge in [0, 0.05) is 33.4 Å². The van der Waals surface area contributed by atoms with Gasteiger partial charge in [-0.25, -0.2) is 0 Å². The molecule has 0 bridgehead atoms. The summed E-state index contributed by atoms with van der Waals surface area (Å²) in [6.45, 7) is 0.896. The number of carbonyl (C=O) groups excluding carboxylic acids is 1. The molecule has 4 rings (SSSR count). The van der Waals surface area contributed by atoms with Gasteiger partial charge in [-0.05, 0) is 77.9 Å². The first-order valence-electron chi connectivity index (χ1n) is 8.91. The number of amides is 1. The number of anilines is 1. The fraction of sp³-hybridized carbons (Fsp3) is 0.250. The number of aromatic nitrogens is 3. The number of benzene rings is 2. The van der Waals surface area contributed by atoms with Crippen molar-refractivity contribution in [2.75, 3.05) is 5.32 Å². The van der Waals surface area contributed by atoms with Crippen LogP contribution in [-0.4, -0.2) is 20.7 Å². The lowest BCUT2D eigenvalue weighted by Crippen LogP contribution is -2.12. The van der Waals surface area contributed by atoms with E-state index in [1.165, 1.54) is 6.42 Å². The first-order chi connectivity index (χ1) is 13.1. The number of halogens is 2. The zero-order valence-electron chi connectivity index (χ0n) is 14.6. The molecule has 3 aromatic rings. The Bertz CT molecular complexity index is 984. The van der Waals surface area contributed by atoms with Crippen LogP contribution in [0.25, 0.3) is 11.4 Å². The Balaban J connectivity index is 1.63. The molecule has 7 heteroatoms. The quantitative estimate of drug-likeness (QED) is 0.513. The Labute approximate surface area is 176 Å². The van der Waals surface area contributed by atoms with E-state index in [0.29, 0.717) is 16.3 Å². The maximum Gasteiger partial charge on any atom is 0.255 e. The van der Waals surface area contributed by atoms with Crippen molar-refractivity contribution < 1.29 is 4.79 Å². The summed E-state index contributed by atoms with van der Waals surface area (Å²) in [4.78, 5) is 12.5. The number of rotatable bonds is 3. The lowest BCUT2D eigenvalue weighted by Gasteiger charge is -2.11. The van der Waals surface area contributed by atoms with Crippen molar-refractivity contribution in [3.05, 3.63) is 62.4 Å². The van der Waals surface area contributed by atoms with E-state index in [1.54, 1.807) is 12.1 Å². The number of fused-ring (bicyclic) bond motifs is 1. The molecule has 0 unspecified atom stereocenters. The molecule has 0 radical (unpaired) electrons. The van der Waals surface area contributed by atoms with Crippen LogP contribution >= 0.6 is 34.2 Å². The molecule has 1 aliphatic heterocycles. The molecule has 0 fully saturated rings. The van der Waals surface area contributed by atoms with E-state index in [0.717, 1.165) is 46.6 Å². The van der Waals surface area contributed by atoms with Crippen LogP contribution in [0.5, 0.6) is 0 Å². The van der Waals surface area contributed by atoms with Crippen LogP contribution in [0.2, 0.25) is 5.02 Å². The highest BCUT2D eigenvalue weighted by molar-refractivity contribution is 14.1. The summed E-state index contributed by atoms with van der Waals surface area (Å²) in [6.07, 6.45) is 4.38. The smallest absolute Gasteiger partial charge is 0.255 e. The molecule has 0 saturated carbocycles. The Morgan fingerprint density at radius 1 is 1.07 bits per heavy atom. The number of aryl methyl sites for hydroxylation is 1. The minimum Gasteiger partial charge on any atom is -0.322 e. The van der Waals surface area contributed by atoms with E-state index in [1.807, 2.05) is 30.3 Å². The Hall–Kier alpha value is -1.93. The minimum absolute atomic E-state index is 0.153. The van der Waals surface area contributed by atoms with Gasteiger partial charge in [0.25, 0.3) is 5.91 Å². The molecule has 27 heavy (non-hydrogen) atoms. The van der Waals surface area contributed by atoms with Crippen molar-refractivity contribution in [2.24, 2.45) is 0 Å². The molecule has 0 saturated heterocycles. The zero-order chi connectivity index (χ0) is 18.8. The Morgan fingerprint density at radius 3 is 2.70 bits per heavy atom. The second kappa shape index (κ2) is 7.98. The van der Waals surface area contributed by atoms with Gasteiger partial charge in [0.05, 0.1) is 5.02 Å². The van der Waals surface area contributed by atoms with E-state index in [-0.39, 0.29) is 5.91 Å². The fourth-order valence-electron chi connectivity index (χ4n) is 3.26. The van der Waals surface area contributed by atoms with Crippen molar-refractivity contribution in [2.45, 2.75) is 32.2 Å². The van der Waals surface area contributed by atoms with Gasteiger partial charge in [-0.1, -0.05) is 18.0 Å². The highest BCUT2D eigenvalue weighted by Crippen LogP contribution is 2.31. The van der Waals surface area contributed by atoms with Crippen molar-refractivity contribution >= 4 is 45.8 Å². The monoisotopic (exact) mass is 492 g/mol. The number of hydrogen-bond acceptors (Lipinski definition) is 3. The van der Waals surface area contributed by atoms with Gasteiger partial charge in [-0.15, -0.1) is 10.2 Å². The average molecular weight is 493 g/mol. The molecule has 0 atom stereocenters. The lowest BCUT2D eigenvalue weighted by molar-refractivity contribution is 0.102. The summed E-state index contributed by atoms with van der Waals surface area (Å²) in [7, 11) is 0. The second-order valence-corrected chi connectivity index (χ2v) is 8.21. The van der Waals surface area contributed by atoms with E-state index < -0.39 is 0 Å². The summed E-state index contributed by atoms with van der Waals surface area (Å²) in [5, 5.41) is 12.3. The van der Waals surface area contributed by atoms with Crippen LogP contribution in [0.15, 0.2) is 42.5 Å². The van der Waals surface area contributed by atoms with Crippen molar-refractivity contribution in [1.29, 1.82) is 0 Å². The van der Waals surface area contributed by atoms with Crippen molar-refractivity contribution in [1.82, 2.24) is 14.8 Å². The molecule has 1 aliphatic rings. The summed E-state index contributed by atoms with van der Waals surface area (Å²) in [5.41, 5.74) is 2.09. The van der Waals surface area contributed by atoms with Gasteiger partial charge in [-0.2, -0.15) is 0 Å². The van der Waals surface area contributed by atoms with Gasteiger partial charge in [0.2, 0.25) is 0 Å². The van der Waals surface area contributed by atoms with Gasteiger partial charge in [0.1, 0.15) is 5.82 Å². The summed E-state index contributed by atoms with van der Waals surface area (Å²) in [6, 6.07) is 12.9. The van der Waals surface area contributed by atoms with Gasteiger partial charge in [0.15, 0.2) is 5.82 Å². The Kier molecular flexibility index (Phi) is 5.45. The molecule has 0 spiro atoms. The van der Waals surface area contributed by atoms with Crippen molar-refractivity contribution in [3.8, 4) is 11.4 Å². The maximum atomic E-state index is 12.5. The van der Waals surface area contributed by atoms with E-state index >= 15 is 0 Å². The highest BCUT2D eigenvalue weighted by atomic mass is 127. The molecule has 0 aliphatic carbocycles. The fourth-order valence-corrected chi connectivity index (χ4v) is 3.82. The topological polar surface area (TPSA) is 59.8 Å². The van der Waals surface area contributed by atoms with Gasteiger partial charge >= 0.3 is 0 Å². The number of nitrogens with one attached hydrogen (secondary N) is 1. The van der Waals surface area contributed by atoms with Crippen LogP contribution in [0.4, 0.5) is 5.69 Å². The van der Waals surface area contributed by atoms with E-state index in [2.05, 4.69) is 42.7 Å². The highest BCUT2D eigenvalue weighted by Gasteiger charge is 2.18. The molecule has 2 aromatic carbocycles. The molecule has 5 nitrogen and oxygen atoms in total. The molecule has 2 heterocycles. The normalized spacial score (nSPS) is 13.7. The van der Waals surface area contributed by atoms with Gasteiger partial charge < -0.3 is 9.88 Å². The standard InChI is InChI=1S/C20H18ClIN4O/c21-17-10-9-15(23-20(27)13-5-7-14(22)8-6-13)12-16(17)19-25-24-18-4-2-1-3-11-26(18)19/h5-10,12H,1-4,11H2,(H,23,27). The first kappa shape index (κ1) is 18.4. The second-order valence-electron chi connectivity index (χ2n) is 6.56. The summed E-state index contributed by atoms with van der Waals surface area (Å²) in [5.74, 6) is 1.62. The minimum atomic E-state index is -0.153. The van der Waals surface area contributed by atoms with E-state index in [4.69, 9.17) is 11.6 Å². The molecule has 1 N–H and O–H groups in total.